The lowest BCUT2D eigenvalue weighted by molar-refractivity contribution is 0.584. The molecule has 5 heteroatoms. The van der Waals surface area contributed by atoms with E-state index in [2.05, 4.69) is 41.6 Å². The first-order valence-electron chi connectivity index (χ1n) is 7.14. The predicted molar refractivity (Wildman–Crippen MR) is 82.8 cm³/mol. The highest BCUT2D eigenvalue weighted by molar-refractivity contribution is 6.31. The van der Waals surface area contributed by atoms with Gasteiger partial charge in [-0.3, -0.25) is 0 Å². The van der Waals surface area contributed by atoms with Crippen molar-refractivity contribution in [1.29, 1.82) is 0 Å². The van der Waals surface area contributed by atoms with E-state index < -0.39 is 0 Å². The fraction of sp³-hybridized carbons (Fsp3) is 0.467. The lowest BCUT2D eigenvalue weighted by Crippen LogP contribution is -2.14. The van der Waals surface area contributed by atoms with Crippen molar-refractivity contribution in [2.45, 2.75) is 39.8 Å². The van der Waals surface area contributed by atoms with E-state index in [-0.39, 0.29) is 0 Å². The second-order valence-corrected chi connectivity index (χ2v) is 5.23. The van der Waals surface area contributed by atoms with Gasteiger partial charge in [0.1, 0.15) is 0 Å². The summed E-state index contributed by atoms with van der Waals surface area (Å²) in [6.45, 7) is 6.96. The fourth-order valence-corrected chi connectivity index (χ4v) is 2.36. The first kappa shape index (κ1) is 15.0. The minimum absolute atomic E-state index is 0.787. The van der Waals surface area contributed by atoms with E-state index in [4.69, 9.17) is 11.6 Å². The van der Waals surface area contributed by atoms with Crippen LogP contribution < -0.4 is 5.32 Å². The van der Waals surface area contributed by atoms with E-state index in [1.807, 2.05) is 10.7 Å². The summed E-state index contributed by atoms with van der Waals surface area (Å²) in [5.74, 6) is 0. The van der Waals surface area contributed by atoms with Crippen LogP contribution in [-0.2, 0) is 13.1 Å². The van der Waals surface area contributed by atoms with Gasteiger partial charge in [0.25, 0.3) is 0 Å². The van der Waals surface area contributed by atoms with Gasteiger partial charge in [0, 0.05) is 23.7 Å². The molecule has 0 aliphatic rings. The summed E-state index contributed by atoms with van der Waals surface area (Å²) in [5.41, 5.74) is 3.20. The van der Waals surface area contributed by atoms with E-state index >= 15 is 0 Å². The van der Waals surface area contributed by atoms with Crippen LogP contribution in [-0.4, -0.2) is 21.5 Å². The zero-order valence-corrected chi connectivity index (χ0v) is 12.8. The Morgan fingerprint density at radius 1 is 1.25 bits per heavy atom. The topological polar surface area (TPSA) is 42.7 Å². The summed E-state index contributed by atoms with van der Waals surface area (Å²) in [6.07, 6.45) is 3.94. The lowest BCUT2D eigenvalue weighted by atomic mass is 10.1. The number of nitrogens with one attached hydrogen (secondary N) is 1. The van der Waals surface area contributed by atoms with Crippen LogP contribution >= 0.6 is 11.6 Å². The molecule has 0 saturated heterocycles. The van der Waals surface area contributed by atoms with Crippen molar-refractivity contribution >= 4 is 11.6 Å². The monoisotopic (exact) mass is 292 g/mol. The summed E-state index contributed by atoms with van der Waals surface area (Å²) in [6, 6.07) is 6.15. The largest absolute Gasteiger partial charge is 0.313 e. The van der Waals surface area contributed by atoms with E-state index in [1.54, 1.807) is 6.20 Å². The van der Waals surface area contributed by atoms with Gasteiger partial charge in [-0.1, -0.05) is 42.8 Å². The molecule has 1 aromatic carbocycles. The molecule has 0 fully saturated rings. The van der Waals surface area contributed by atoms with E-state index in [0.29, 0.717) is 0 Å². The Bertz CT molecular complexity index is 551. The average Bonchev–Trinajstić information content (AvgIpc) is 2.89. The number of aryl methyl sites for hydroxylation is 1. The Balaban J connectivity index is 2.17. The van der Waals surface area contributed by atoms with Crippen molar-refractivity contribution in [2.24, 2.45) is 0 Å². The highest BCUT2D eigenvalue weighted by Crippen LogP contribution is 2.25. The van der Waals surface area contributed by atoms with Crippen LogP contribution in [0.5, 0.6) is 0 Å². The maximum Gasteiger partial charge on any atom is 0.0886 e. The number of aromatic nitrogens is 3. The maximum absolute atomic E-state index is 6.36. The minimum atomic E-state index is 0.787. The first-order valence-corrected chi connectivity index (χ1v) is 7.52. The number of hydrogen-bond acceptors (Lipinski definition) is 3. The summed E-state index contributed by atoms with van der Waals surface area (Å²) in [7, 11) is 0. The van der Waals surface area contributed by atoms with Crippen molar-refractivity contribution < 1.29 is 0 Å². The van der Waals surface area contributed by atoms with Crippen LogP contribution in [0.4, 0.5) is 0 Å². The van der Waals surface area contributed by atoms with Crippen molar-refractivity contribution in [3.05, 3.63) is 35.0 Å². The second kappa shape index (κ2) is 7.41. The Hall–Kier alpha value is -1.39. The standard InChI is InChI=1S/C15H21ClN4/c1-3-7-17-10-13-6-5-12(9-14(13)16)15-11-18-19-20(15)8-4-2/h5-6,9,11,17H,3-4,7-8,10H2,1-2H3. The van der Waals surface area contributed by atoms with Crippen molar-refractivity contribution in [3.8, 4) is 11.3 Å². The predicted octanol–water partition coefficient (Wildman–Crippen LogP) is 3.51. The number of nitrogens with zero attached hydrogens (tertiary/aromatic N) is 3. The average molecular weight is 293 g/mol. The van der Waals surface area contributed by atoms with Crippen LogP contribution in [0.3, 0.4) is 0 Å². The molecule has 0 saturated carbocycles. The van der Waals surface area contributed by atoms with Gasteiger partial charge in [0.2, 0.25) is 0 Å². The molecule has 0 amide bonds. The van der Waals surface area contributed by atoms with Gasteiger partial charge in [0.15, 0.2) is 0 Å². The van der Waals surface area contributed by atoms with Crippen molar-refractivity contribution in [3.63, 3.8) is 0 Å². The molecule has 0 unspecified atom stereocenters. The van der Waals surface area contributed by atoms with Crippen LogP contribution in [0, 0.1) is 0 Å². The molecule has 1 heterocycles. The zero-order chi connectivity index (χ0) is 14.4. The summed E-state index contributed by atoms with van der Waals surface area (Å²) in [4.78, 5) is 0. The van der Waals surface area contributed by atoms with Gasteiger partial charge in [-0.2, -0.15) is 0 Å². The molecule has 0 aliphatic carbocycles. The Kier molecular flexibility index (Phi) is 5.56. The molecule has 1 N–H and O–H groups in total. The fourth-order valence-electron chi connectivity index (χ4n) is 2.11. The number of halogens is 1. The second-order valence-electron chi connectivity index (χ2n) is 4.83. The van der Waals surface area contributed by atoms with Crippen LogP contribution in [0.2, 0.25) is 5.02 Å². The quantitative estimate of drug-likeness (QED) is 0.794. The molecular weight excluding hydrogens is 272 g/mol. The number of rotatable bonds is 7. The Morgan fingerprint density at radius 2 is 2.10 bits per heavy atom. The normalized spacial score (nSPS) is 10.9. The first-order chi connectivity index (χ1) is 9.76. The van der Waals surface area contributed by atoms with Gasteiger partial charge in [-0.15, -0.1) is 5.10 Å². The van der Waals surface area contributed by atoms with Gasteiger partial charge in [-0.25, -0.2) is 4.68 Å². The summed E-state index contributed by atoms with van der Waals surface area (Å²) in [5, 5.41) is 12.2. The van der Waals surface area contributed by atoms with Gasteiger partial charge < -0.3 is 5.32 Å². The minimum Gasteiger partial charge on any atom is -0.313 e. The molecular formula is C15H21ClN4. The molecule has 2 rings (SSSR count). The smallest absolute Gasteiger partial charge is 0.0886 e. The highest BCUT2D eigenvalue weighted by Gasteiger charge is 2.08. The SMILES string of the molecule is CCCNCc1ccc(-c2cnnn2CCC)cc1Cl. The maximum atomic E-state index is 6.36. The Morgan fingerprint density at radius 3 is 2.80 bits per heavy atom. The van der Waals surface area contributed by atoms with Crippen LogP contribution in [0.25, 0.3) is 11.3 Å². The van der Waals surface area contributed by atoms with E-state index in [0.717, 1.165) is 54.3 Å². The number of hydrogen-bond donors (Lipinski definition) is 1. The number of benzene rings is 1. The van der Waals surface area contributed by atoms with Crippen LogP contribution in [0.1, 0.15) is 32.3 Å². The summed E-state index contributed by atoms with van der Waals surface area (Å²) >= 11 is 6.36. The Labute approximate surface area is 125 Å². The molecule has 2 aromatic rings. The molecule has 0 atom stereocenters. The van der Waals surface area contributed by atoms with E-state index in [9.17, 15) is 0 Å². The molecule has 0 radical (unpaired) electrons. The van der Waals surface area contributed by atoms with Crippen LogP contribution in [0.15, 0.2) is 24.4 Å². The van der Waals surface area contributed by atoms with Gasteiger partial charge in [0.05, 0.1) is 11.9 Å². The molecule has 1 aromatic heterocycles. The highest BCUT2D eigenvalue weighted by atomic mass is 35.5. The van der Waals surface area contributed by atoms with Crippen molar-refractivity contribution in [1.82, 2.24) is 20.3 Å². The summed E-state index contributed by atoms with van der Waals surface area (Å²) < 4.78 is 1.92. The molecule has 0 aliphatic heterocycles. The lowest BCUT2D eigenvalue weighted by Gasteiger charge is -2.09. The third kappa shape index (κ3) is 3.58. The third-order valence-corrected chi connectivity index (χ3v) is 3.50. The molecule has 0 bridgehead atoms. The molecule has 108 valence electrons. The van der Waals surface area contributed by atoms with Crippen molar-refractivity contribution in [2.75, 3.05) is 6.54 Å². The molecule has 4 nitrogen and oxygen atoms in total. The van der Waals surface area contributed by atoms with Gasteiger partial charge in [-0.05, 0) is 31.0 Å². The van der Waals surface area contributed by atoms with E-state index in [1.165, 1.54) is 0 Å². The molecule has 0 spiro atoms. The zero-order valence-electron chi connectivity index (χ0n) is 12.1. The van der Waals surface area contributed by atoms with Gasteiger partial charge >= 0.3 is 0 Å². The molecule has 20 heavy (non-hydrogen) atoms. The third-order valence-electron chi connectivity index (χ3n) is 3.14.